The first-order valence-electron chi connectivity index (χ1n) is 5.30. The maximum atomic E-state index is 10.6. The second-order valence-electron chi connectivity index (χ2n) is 3.44. The molecule has 2 aromatic rings. The molecule has 0 fully saturated rings. The van der Waals surface area contributed by atoms with Crippen LogP contribution in [0, 0.1) is 10.1 Å². The quantitative estimate of drug-likeness (QED) is 0.482. The maximum absolute atomic E-state index is 10.6. The van der Waals surface area contributed by atoms with Crippen LogP contribution in [0.3, 0.4) is 0 Å². The van der Waals surface area contributed by atoms with Gasteiger partial charge in [0.05, 0.1) is 4.92 Å². The zero-order chi connectivity index (χ0) is 13.0. The Kier molecular flexibility index (Phi) is 3.73. The van der Waals surface area contributed by atoms with E-state index < -0.39 is 4.92 Å². The van der Waals surface area contributed by atoms with Crippen LogP contribution in [0.4, 0.5) is 10.8 Å². The number of nitrogens with zero attached hydrogens (tertiary/aromatic N) is 4. The number of aryl methyl sites for hydroxylation is 1. The highest BCUT2D eigenvalue weighted by molar-refractivity contribution is 7.14. The molecule has 0 aliphatic rings. The summed E-state index contributed by atoms with van der Waals surface area (Å²) in [4.78, 5) is 14.3. The lowest BCUT2D eigenvalue weighted by Gasteiger charge is -1.92. The van der Waals surface area contributed by atoms with Gasteiger partial charge < -0.3 is 0 Å². The minimum atomic E-state index is -0.433. The highest BCUT2D eigenvalue weighted by atomic mass is 32.1. The lowest BCUT2D eigenvalue weighted by molar-refractivity contribution is -0.384. The molecule has 2 rings (SSSR count). The van der Waals surface area contributed by atoms with Gasteiger partial charge in [-0.2, -0.15) is 0 Å². The van der Waals surface area contributed by atoms with Crippen molar-refractivity contribution < 1.29 is 4.92 Å². The Labute approximate surface area is 107 Å². The predicted molar refractivity (Wildman–Crippen MR) is 69.6 cm³/mol. The summed E-state index contributed by atoms with van der Waals surface area (Å²) >= 11 is 1.41. The Morgan fingerprint density at radius 3 is 3.00 bits per heavy atom. The second kappa shape index (κ2) is 5.46. The number of nitro groups is 1. The number of aromatic nitrogens is 2. The Bertz CT molecular complexity index is 594. The number of rotatable bonds is 4. The van der Waals surface area contributed by atoms with Crippen molar-refractivity contribution in [1.29, 1.82) is 0 Å². The van der Waals surface area contributed by atoms with Crippen LogP contribution < -0.4 is 0 Å². The number of benzene rings is 1. The summed E-state index contributed by atoms with van der Waals surface area (Å²) in [5, 5.41) is 19.9. The van der Waals surface area contributed by atoms with E-state index in [1.54, 1.807) is 18.3 Å². The lowest BCUT2D eigenvalue weighted by atomic mass is 10.2. The van der Waals surface area contributed by atoms with Crippen LogP contribution in [0.2, 0.25) is 0 Å². The summed E-state index contributed by atoms with van der Waals surface area (Å²) in [7, 11) is 0. The molecule has 1 aromatic carbocycles. The van der Waals surface area contributed by atoms with Gasteiger partial charge in [0.1, 0.15) is 5.01 Å². The van der Waals surface area contributed by atoms with Crippen molar-refractivity contribution in [2.45, 2.75) is 13.3 Å². The molecule has 0 aliphatic heterocycles. The van der Waals surface area contributed by atoms with Crippen LogP contribution in [-0.2, 0) is 6.42 Å². The zero-order valence-corrected chi connectivity index (χ0v) is 10.4. The monoisotopic (exact) mass is 262 g/mol. The van der Waals surface area contributed by atoms with Crippen molar-refractivity contribution in [3.05, 3.63) is 45.0 Å². The molecule has 0 atom stereocenters. The van der Waals surface area contributed by atoms with Gasteiger partial charge in [-0.15, -0.1) is 10.2 Å². The molecule has 6 nitrogen and oxygen atoms in total. The summed E-state index contributed by atoms with van der Waals surface area (Å²) in [6.07, 6.45) is 2.37. The molecule has 0 radical (unpaired) electrons. The second-order valence-corrected chi connectivity index (χ2v) is 4.48. The molecular weight excluding hydrogens is 252 g/mol. The van der Waals surface area contributed by atoms with E-state index in [2.05, 4.69) is 15.2 Å². The maximum Gasteiger partial charge on any atom is 0.270 e. The van der Waals surface area contributed by atoms with E-state index in [0.717, 1.165) is 11.4 Å². The van der Waals surface area contributed by atoms with E-state index >= 15 is 0 Å². The molecule has 0 bridgehead atoms. The molecular formula is C11H10N4O2S. The van der Waals surface area contributed by atoms with Crippen molar-refractivity contribution >= 4 is 28.4 Å². The zero-order valence-electron chi connectivity index (χ0n) is 9.61. The number of hydrogen-bond acceptors (Lipinski definition) is 6. The van der Waals surface area contributed by atoms with Gasteiger partial charge in [-0.1, -0.05) is 30.4 Å². The fourth-order valence-electron chi connectivity index (χ4n) is 1.29. The van der Waals surface area contributed by atoms with Crippen LogP contribution in [0.15, 0.2) is 29.3 Å². The SMILES string of the molecule is CCc1nnc(/N=C/c2cccc([N+](=O)[O-])c2)s1. The molecule has 1 aromatic heterocycles. The summed E-state index contributed by atoms with van der Waals surface area (Å²) < 4.78 is 0. The van der Waals surface area contributed by atoms with Crippen LogP contribution in [-0.4, -0.2) is 21.3 Å². The van der Waals surface area contributed by atoms with Crippen molar-refractivity contribution in [2.24, 2.45) is 4.99 Å². The fraction of sp³-hybridized carbons (Fsp3) is 0.182. The summed E-state index contributed by atoms with van der Waals surface area (Å²) in [6.45, 7) is 1.99. The number of non-ortho nitro benzene ring substituents is 1. The normalized spacial score (nSPS) is 10.9. The minimum absolute atomic E-state index is 0.0467. The average Bonchev–Trinajstić information content (AvgIpc) is 2.84. The van der Waals surface area contributed by atoms with Crippen LogP contribution in [0.25, 0.3) is 0 Å². The molecule has 0 unspecified atom stereocenters. The van der Waals surface area contributed by atoms with Crippen molar-refractivity contribution in [2.75, 3.05) is 0 Å². The van der Waals surface area contributed by atoms with E-state index in [9.17, 15) is 10.1 Å². The smallest absolute Gasteiger partial charge is 0.258 e. The molecule has 0 saturated heterocycles. The van der Waals surface area contributed by atoms with Gasteiger partial charge in [0.25, 0.3) is 5.69 Å². The standard InChI is InChI=1S/C11H10N4O2S/c1-2-10-13-14-11(18-10)12-7-8-4-3-5-9(6-8)15(16)17/h3-7H,2H2,1H3/b12-7+. The Balaban J connectivity index is 2.17. The van der Waals surface area contributed by atoms with E-state index in [4.69, 9.17) is 0 Å². The molecule has 0 saturated carbocycles. The van der Waals surface area contributed by atoms with Gasteiger partial charge >= 0.3 is 0 Å². The van der Waals surface area contributed by atoms with Gasteiger partial charge in [0.2, 0.25) is 5.13 Å². The number of nitro benzene ring substituents is 1. The third kappa shape index (κ3) is 2.95. The van der Waals surface area contributed by atoms with Gasteiger partial charge in [0, 0.05) is 18.3 Å². The third-order valence-corrected chi connectivity index (χ3v) is 3.14. The molecule has 0 spiro atoms. The van der Waals surface area contributed by atoms with E-state index in [1.165, 1.54) is 23.5 Å². The first kappa shape index (κ1) is 12.3. The topological polar surface area (TPSA) is 81.3 Å². The Morgan fingerprint density at radius 1 is 1.50 bits per heavy atom. The van der Waals surface area contributed by atoms with E-state index in [0.29, 0.717) is 10.7 Å². The Morgan fingerprint density at radius 2 is 2.33 bits per heavy atom. The van der Waals surface area contributed by atoms with E-state index in [-0.39, 0.29) is 5.69 Å². The molecule has 0 N–H and O–H groups in total. The summed E-state index contributed by atoms with van der Waals surface area (Å²) in [5.74, 6) is 0. The molecule has 0 aliphatic carbocycles. The molecule has 7 heteroatoms. The van der Waals surface area contributed by atoms with E-state index in [1.807, 2.05) is 6.92 Å². The lowest BCUT2D eigenvalue weighted by Crippen LogP contribution is -1.89. The summed E-state index contributed by atoms with van der Waals surface area (Å²) in [6, 6.07) is 6.28. The molecule has 1 heterocycles. The van der Waals surface area contributed by atoms with Crippen molar-refractivity contribution in [1.82, 2.24) is 10.2 Å². The predicted octanol–water partition coefficient (Wildman–Crippen LogP) is 2.76. The third-order valence-electron chi connectivity index (χ3n) is 2.16. The van der Waals surface area contributed by atoms with Gasteiger partial charge in [-0.3, -0.25) is 10.1 Å². The van der Waals surface area contributed by atoms with Gasteiger partial charge in [0.15, 0.2) is 0 Å². The summed E-state index contributed by atoms with van der Waals surface area (Å²) in [5.41, 5.74) is 0.711. The largest absolute Gasteiger partial charge is 0.270 e. The van der Waals surface area contributed by atoms with Crippen molar-refractivity contribution in [3.63, 3.8) is 0 Å². The molecule has 0 amide bonds. The number of hydrogen-bond donors (Lipinski definition) is 0. The first-order chi connectivity index (χ1) is 8.69. The van der Waals surface area contributed by atoms with Gasteiger partial charge in [-0.05, 0) is 12.0 Å². The molecule has 18 heavy (non-hydrogen) atoms. The van der Waals surface area contributed by atoms with Crippen LogP contribution >= 0.6 is 11.3 Å². The molecule has 92 valence electrons. The Hall–Kier alpha value is -2.15. The van der Waals surface area contributed by atoms with Crippen LogP contribution in [0.5, 0.6) is 0 Å². The highest BCUT2D eigenvalue weighted by Gasteiger charge is 2.04. The minimum Gasteiger partial charge on any atom is -0.258 e. The average molecular weight is 262 g/mol. The fourth-order valence-corrected chi connectivity index (χ4v) is 1.91. The van der Waals surface area contributed by atoms with Crippen molar-refractivity contribution in [3.8, 4) is 0 Å². The van der Waals surface area contributed by atoms with Gasteiger partial charge in [-0.25, -0.2) is 4.99 Å². The van der Waals surface area contributed by atoms with Crippen LogP contribution in [0.1, 0.15) is 17.5 Å². The highest BCUT2D eigenvalue weighted by Crippen LogP contribution is 2.19. The first-order valence-corrected chi connectivity index (χ1v) is 6.11. The number of aliphatic imine (C=N–C) groups is 1.